The average Bonchev–Trinajstić information content (AvgIpc) is 2.67. The van der Waals surface area contributed by atoms with E-state index in [1.54, 1.807) is 0 Å². The van der Waals surface area contributed by atoms with Crippen molar-refractivity contribution in [2.24, 2.45) is 11.8 Å². The first-order valence-electron chi connectivity index (χ1n) is 9.81. The highest BCUT2D eigenvalue weighted by Crippen LogP contribution is 2.28. The van der Waals surface area contributed by atoms with Gasteiger partial charge >= 0.3 is 0 Å². The van der Waals surface area contributed by atoms with E-state index in [0.717, 1.165) is 25.7 Å². The highest BCUT2D eigenvalue weighted by molar-refractivity contribution is 5.85. The van der Waals surface area contributed by atoms with Gasteiger partial charge in [0.15, 0.2) is 0 Å². The van der Waals surface area contributed by atoms with Crippen molar-refractivity contribution >= 4 is 24.8 Å². The van der Waals surface area contributed by atoms with Crippen LogP contribution in [0, 0.1) is 35.1 Å². The fourth-order valence-corrected chi connectivity index (χ4v) is 3.98. The summed E-state index contributed by atoms with van der Waals surface area (Å²) in [6.45, 7) is 1.74. The molecule has 1 saturated carbocycles. The normalized spacial score (nSPS) is 18.4. The fourth-order valence-electron chi connectivity index (χ4n) is 3.98. The van der Waals surface area contributed by atoms with Crippen LogP contribution in [0.4, 0.5) is 17.6 Å². The summed E-state index contributed by atoms with van der Waals surface area (Å²) in [5.74, 6) is -1.25. The van der Waals surface area contributed by atoms with Gasteiger partial charge < -0.3 is 10.6 Å². The zero-order chi connectivity index (χ0) is 19.9. The van der Waals surface area contributed by atoms with Crippen LogP contribution in [0.2, 0.25) is 0 Å². The minimum atomic E-state index is -0.529. The van der Waals surface area contributed by atoms with Crippen molar-refractivity contribution in [2.45, 2.75) is 38.8 Å². The number of nitrogens with one attached hydrogen (secondary N) is 2. The second-order valence-electron chi connectivity index (χ2n) is 7.56. The summed E-state index contributed by atoms with van der Waals surface area (Å²) in [4.78, 5) is 0. The van der Waals surface area contributed by atoms with Crippen molar-refractivity contribution in [3.8, 4) is 0 Å². The second-order valence-corrected chi connectivity index (χ2v) is 7.56. The van der Waals surface area contributed by atoms with Crippen LogP contribution in [0.25, 0.3) is 0 Å². The summed E-state index contributed by atoms with van der Waals surface area (Å²) < 4.78 is 54.7. The molecule has 0 aliphatic heterocycles. The van der Waals surface area contributed by atoms with Gasteiger partial charge in [-0.3, -0.25) is 0 Å². The van der Waals surface area contributed by atoms with Crippen LogP contribution in [-0.2, 0) is 13.1 Å². The van der Waals surface area contributed by atoms with Crippen molar-refractivity contribution in [2.75, 3.05) is 13.1 Å². The highest BCUT2D eigenvalue weighted by Gasteiger charge is 2.22. The quantitative estimate of drug-likeness (QED) is 0.482. The zero-order valence-electron chi connectivity index (χ0n) is 16.6. The monoisotopic (exact) mass is 466 g/mol. The second kappa shape index (κ2) is 13.2. The molecule has 2 unspecified atom stereocenters. The van der Waals surface area contributed by atoms with E-state index in [0.29, 0.717) is 24.9 Å². The Kier molecular flexibility index (Phi) is 11.7. The van der Waals surface area contributed by atoms with Gasteiger partial charge in [-0.2, -0.15) is 0 Å². The van der Waals surface area contributed by atoms with Crippen molar-refractivity contribution in [1.82, 2.24) is 10.6 Å². The number of halogens is 6. The molecule has 0 spiro atoms. The molecule has 0 saturated heterocycles. The Morgan fingerprint density at radius 1 is 0.667 bits per heavy atom. The van der Waals surface area contributed by atoms with Crippen LogP contribution in [0.15, 0.2) is 36.4 Å². The number of hydrogen-bond donors (Lipinski definition) is 2. The van der Waals surface area contributed by atoms with Gasteiger partial charge in [-0.05, 0) is 68.5 Å². The average molecular weight is 467 g/mol. The third-order valence-corrected chi connectivity index (χ3v) is 5.48. The Balaban J connectivity index is 0.00000225. The Morgan fingerprint density at radius 2 is 1.03 bits per heavy atom. The van der Waals surface area contributed by atoms with E-state index in [2.05, 4.69) is 10.6 Å². The van der Waals surface area contributed by atoms with E-state index in [4.69, 9.17) is 0 Å². The van der Waals surface area contributed by atoms with Gasteiger partial charge in [-0.25, -0.2) is 17.6 Å². The first-order valence-corrected chi connectivity index (χ1v) is 9.81. The molecule has 168 valence electrons. The maximum atomic E-state index is 13.7. The maximum absolute atomic E-state index is 13.7. The first-order chi connectivity index (χ1) is 13.5. The summed E-state index contributed by atoms with van der Waals surface area (Å²) in [6.07, 6.45) is 4.22. The van der Waals surface area contributed by atoms with Crippen LogP contribution in [0.3, 0.4) is 0 Å². The van der Waals surface area contributed by atoms with Crippen LogP contribution >= 0.6 is 24.8 Å². The summed E-state index contributed by atoms with van der Waals surface area (Å²) in [5, 5.41) is 6.34. The topological polar surface area (TPSA) is 24.1 Å². The summed E-state index contributed by atoms with van der Waals surface area (Å²) >= 11 is 0. The van der Waals surface area contributed by atoms with E-state index in [-0.39, 0.29) is 49.0 Å². The van der Waals surface area contributed by atoms with Gasteiger partial charge in [0.2, 0.25) is 0 Å². The molecule has 1 aliphatic rings. The molecular formula is C22H28Cl2F4N2. The summed E-state index contributed by atoms with van der Waals surface area (Å²) in [5.41, 5.74) is 0.145. The molecular weight excluding hydrogens is 439 g/mol. The lowest BCUT2D eigenvalue weighted by Gasteiger charge is -2.29. The van der Waals surface area contributed by atoms with Gasteiger partial charge in [-0.1, -0.05) is 18.6 Å². The van der Waals surface area contributed by atoms with Crippen LogP contribution in [0.1, 0.15) is 36.8 Å². The van der Waals surface area contributed by atoms with Crippen molar-refractivity contribution in [1.29, 1.82) is 0 Å². The molecule has 2 N–H and O–H groups in total. The third kappa shape index (κ3) is 7.41. The Bertz CT molecular complexity index is 688. The minimum Gasteiger partial charge on any atom is -0.312 e. The highest BCUT2D eigenvalue weighted by atomic mass is 35.5. The number of benzene rings is 2. The predicted molar refractivity (Wildman–Crippen MR) is 116 cm³/mol. The molecule has 1 fully saturated rings. The van der Waals surface area contributed by atoms with Gasteiger partial charge in [0, 0.05) is 24.2 Å². The SMILES string of the molecule is Cl.Cl.Fc1cccc(F)c1CNCC1CCCC(CNCc2c(F)cccc2F)C1. The Morgan fingerprint density at radius 3 is 1.40 bits per heavy atom. The lowest BCUT2D eigenvalue weighted by atomic mass is 9.81. The molecule has 0 radical (unpaired) electrons. The van der Waals surface area contributed by atoms with Crippen LogP contribution in [-0.4, -0.2) is 13.1 Å². The molecule has 0 heterocycles. The molecule has 30 heavy (non-hydrogen) atoms. The molecule has 3 rings (SSSR count). The number of hydrogen-bond acceptors (Lipinski definition) is 2. The molecule has 2 aromatic carbocycles. The third-order valence-electron chi connectivity index (χ3n) is 5.48. The Labute approximate surface area is 187 Å². The summed E-state index contributed by atoms with van der Waals surface area (Å²) in [7, 11) is 0. The van der Waals surface area contributed by atoms with E-state index in [1.807, 2.05) is 0 Å². The van der Waals surface area contributed by atoms with Crippen LogP contribution in [0.5, 0.6) is 0 Å². The lowest BCUT2D eigenvalue weighted by molar-refractivity contribution is 0.251. The minimum absolute atomic E-state index is 0. The molecule has 2 aromatic rings. The van der Waals surface area contributed by atoms with Gasteiger partial charge in [0.05, 0.1) is 0 Å². The molecule has 0 aromatic heterocycles. The zero-order valence-corrected chi connectivity index (χ0v) is 18.2. The smallest absolute Gasteiger partial charge is 0.130 e. The van der Waals surface area contributed by atoms with Crippen LogP contribution < -0.4 is 10.6 Å². The van der Waals surface area contributed by atoms with Crippen molar-refractivity contribution in [3.63, 3.8) is 0 Å². The first kappa shape index (κ1) is 26.7. The lowest BCUT2D eigenvalue weighted by Crippen LogP contribution is -2.32. The summed E-state index contributed by atoms with van der Waals surface area (Å²) in [6, 6.07) is 7.78. The Hall–Kier alpha value is -1.34. The van der Waals surface area contributed by atoms with E-state index < -0.39 is 23.3 Å². The van der Waals surface area contributed by atoms with E-state index in [9.17, 15) is 17.6 Å². The molecule has 2 atom stereocenters. The van der Waals surface area contributed by atoms with E-state index >= 15 is 0 Å². The molecule has 2 nitrogen and oxygen atoms in total. The fraction of sp³-hybridized carbons (Fsp3) is 0.455. The molecule has 1 aliphatic carbocycles. The van der Waals surface area contributed by atoms with Crippen molar-refractivity contribution < 1.29 is 17.6 Å². The molecule has 8 heteroatoms. The predicted octanol–water partition coefficient (Wildman–Crippen LogP) is 5.77. The molecule has 0 amide bonds. The maximum Gasteiger partial charge on any atom is 0.130 e. The van der Waals surface area contributed by atoms with E-state index in [1.165, 1.54) is 36.4 Å². The van der Waals surface area contributed by atoms with Gasteiger partial charge in [-0.15, -0.1) is 24.8 Å². The van der Waals surface area contributed by atoms with Gasteiger partial charge in [0.25, 0.3) is 0 Å². The van der Waals surface area contributed by atoms with Crippen molar-refractivity contribution in [3.05, 3.63) is 70.8 Å². The van der Waals surface area contributed by atoms with Gasteiger partial charge in [0.1, 0.15) is 23.3 Å². The largest absolute Gasteiger partial charge is 0.312 e. The number of rotatable bonds is 8. The standard InChI is InChI=1S/C22H26F4N2.2ClH/c23-19-6-2-7-20(24)17(19)13-27-11-15-4-1-5-16(10-15)12-28-14-18-21(25)8-3-9-22(18)26;;/h2-3,6-9,15-16,27-28H,1,4-5,10-14H2;2*1H. The molecule has 0 bridgehead atoms.